The minimum Gasteiger partial charge on any atom is -0.494 e. The third-order valence-corrected chi connectivity index (χ3v) is 6.77. The molecule has 1 aliphatic heterocycles. The number of fused-ring (bicyclic) bond motifs is 1. The second-order valence-electron chi connectivity index (χ2n) is 8.50. The molecule has 1 saturated heterocycles. The van der Waals surface area contributed by atoms with Gasteiger partial charge in [-0.3, -0.25) is 4.79 Å². The molecule has 2 heterocycles. The van der Waals surface area contributed by atoms with E-state index in [9.17, 15) is 9.90 Å². The summed E-state index contributed by atoms with van der Waals surface area (Å²) in [6.45, 7) is 5.73. The van der Waals surface area contributed by atoms with E-state index in [1.54, 1.807) is 6.07 Å². The number of piperidine rings is 1. The normalized spacial score (nSPS) is 17.2. The van der Waals surface area contributed by atoms with Gasteiger partial charge in [-0.1, -0.05) is 40.5 Å². The molecule has 0 radical (unpaired) electrons. The number of likely N-dealkylation sites (tertiary alicyclic amines) is 1. The zero-order chi connectivity index (χ0) is 21.8. The number of halogens is 1. The van der Waals surface area contributed by atoms with E-state index in [1.807, 2.05) is 47.2 Å². The Labute approximate surface area is 192 Å². The van der Waals surface area contributed by atoms with E-state index in [1.165, 1.54) is 25.8 Å². The number of aromatic nitrogens is 1. The van der Waals surface area contributed by atoms with Crippen LogP contribution in [0.2, 0.25) is 0 Å². The van der Waals surface area contributed by atoms with Crippen LogP contribution in [0.5, 0.6) is 5.88 Å². The lowest BCUT2D eigenvalue weighted by Gasteiger charge is -2.33. The molecule has 1 amide bonds. The van der Waals surface area contributed by atoms with Crippen LogP contribution in [0.25, 0.3) is 10.8 Å². The summed E-state index contributed by atoms with van der Waals surface area (Å²) >= 11 is 3.44. The molecule has 0 spiro atoms. The number of benzene rings is 2. The molecule has 1 fully saturated rings. The number of nitrogens with one attached hydrogen (secondary N) is 1. The lowest BCUT2D eigenvalue weighted by atomic mass is 10.0. The highest BCUT2D eigenvalue weighted by atomic mass is 79.9. The van der Waals surface area contributed by atoms with Crippen molar-refractivity contribution in [3.63, 3.8) is 0 Å². The fourth-order valence-electron chi connectivity index (χ4n) is 4.37. The molecule has 4 rings (SSSR count). The molecule has 2 aromatic carbocycles. The van der Waals surface area contributed by atoms with E-state index in [0.717, 1.165) is 28.4 Å². The van der Waals surface area contributed by atoms with Gasteiger partial charge in [-0.2, -0.15) is 0 Å². The molecule has 164 valence electrons. The van der Waals surface area contributed by atoms with E-state index in [2.05, 4.69) is 33.1 Å². The van der Waals surface area contributed by atoms with E-state index in [0.29, 0.717) is 30.1 Å². The zero-order valence-corrected chi connectivity index (χ0v) is 19.6. The van der Waals surface area contributed by atoms with Gasteiger partial charge in [0.25, 0.3) is 5.91 Å². The van der Waals surface area contributed by atoms with Gasteiger partial charge in [0.2, 0.25) is 0 Å². The van der Waals surface area contributed by atoms with Crippen LogP contribution < -0.4 is 5.32 Å². The first kappa shape index (κ1) is 21.9. The number of amides is 1. The molecular weight excluding hydrogens is 454 g/mol. The van der Waals surface area contributed by atoms with E-state index in [4.69, 9.17) is 0 Å². The fourth-order valence-corrected chi connectivity index (χ4v) is 4.63. The number of rotatable bonds is 7. The van der Waals surface area contributed by atoms with Crippen molar-refractivity contribution in [3.8, 4) is 5.88 Å². The smallest absolute Gasteiger partial charge is 0.251 e. The zero-order valence-electron chi connectivity index (χ0n) is 18.0. The summed E-state index contributed by atoms with van der Waals surface area (Å²) in [5.74, 6) is 0.0975. The van der Waals surface area contributed by atoms with Crippen LogP contribution in [0.15, 0.2) is 53.1 Å². The molecule has 31 heavy (non-hydrogen) atoms. The van der Waals surface area contributed by atoms with E-state index in [-0.39, 0.29) is 11.8 Å². The van der Waals surface area contributed by atoms with Gasteiger partial charge in [0.15, 0.2) is 5.88 Å². The van der Waals surface area contributed by atoms with Gasteiger partial charge >= 0.3 is 0 Å². The maximum atomic E-state index is 12.6. The molecule has 5 nitrogen and oxygen atoms in total. The molecule has 3 aromatic rings. The third kappa shape index (κ3) is 5.31. The Morgan fingerprint density at radius 1 is 1.19 bits per heavy atom. The summed E-state index contributed by atoms with van der Waals surface area (Å²) in [5, 5.41) is 15.4. The van der Waals surface area contributed by atoms with Crippen LogP contribution in [0, 0.1) is 0 Å². The SMILES string of the molecule is CC1CCCCN1CCCNC(=O)c1ccc2cn(Cc3ccc(Br)cc3)c(O)c2c1. The Balaban J connectivity index is 1.37. The first-order valence-corrected chi connectivity index (χ1v) is 11.9. The molecule has 6 heteroatoms. The summed E-state index contributed by atoms with van der Waals surface area (Å²) in [7, 11) is 0. The van der Waals surface area contributed by atoms with Crippen LogP contribution in [0.3, 0.4) is 0 Å². The number of carbonyl (C=O) groups excluding carboxylic acids is 1. The summed E-state index contributed by atoms with van der Waals surface area (Å²) in [6, 6.07) is 14.2. The topological polar surface area (TPSA) is 57.5 Å². The highest BCUT2D eigenvalue weighted by Gasteiger charge is 2.17. The van der Waals surface area contributed by atoms with Crippen molar-refractivity contribution in [2.45, 2.75) is 45.2 Å². The number of aromatic hydroxyl groups is 1. The van der Waals surface area contributed by atoms with Crippen LogP contribution in [-0.2, 0) is 6.54 Å². The molecule has 0 saturated carbocycles. The van der Waals surface area contributed by atoms with Crippen LogP contribution in [0.4, 0.5) is 0 Å². The predicted molar refractivity (Wildman–Crippen MR) is 129 cm³/mol. The Morgan fingerprint density at radius 2 is 2.00 bits per heavy atom. The number of hydrogen-bond donors (Lipinski definition) is 2. The highest BCUT2D eigenvalue weighted by molar-refractivity contribution is 9.10. The third-order valence-electron chi connectivity index (χ3n) is 6.24. The van der Waals surface area contributed by atoms with Crippen LogP contribution in [0.1, 0.15) is 48.5 Å². The van der Waals surface area contributed by atoms with Crippen molar-refractivity contribution in [2.24, 2.45) is 0 Å². The molecular formula is C25H30BrN3O2. The molecule has 0 bridgehead atoms. The minimum atomic E-state index is -0.0892. The Morgan fingerprint density at radius 3 is 2.77 bits per heavy atom. The maximum Gasteiger partial charge on any atom is 0.251 e. The Bertz CT molecular complexity index is 1040. The molecule has 1 unspecified atom stereocenters. The second kappa shape index (κ2) is 9.88. The molecule has 1 atom stereocenters. The number of nitrogens with zero attached hydrogens (tertiary/aromatic N) is 2. The lowest BCUT2D eigenvalue weighted by Crippen LogP contribution is -2.39. The average Bonchev–Trinajstić information content (AvgIpc) is 3.08. The van der Waals surface area contributed by atoms with Gasteiger partial charge < -0.3 is 19.9 Å². The predicted octanol–water partition coefficient (Wildman–Crippen LogP) is 5.15. The highest BCUT2D eigenvalue weighted by Crippen LogP contribution is 2.29. The van der Waals surface area contributed by atoms with Crippen LogP contribution >= 0.6 is 15.9 Å². The Hall–Kier alpha value is -2.31. The first-order valence-electron chi connectivity index (χ1n) is 11.1. The lowest BCUT2D eigenvalue weighted by molar-refractivity contribution is 0.0949. The second-order valence-corrected chi connectivity index (χ2v) is 9.42. The van der Waals surface area contributed by atoms with Gasteiger partial charge in [-0.15, -0.1) is 0 Å². The average molecular weight is 484 g/mol. The first-order chi connectivity index (χ1) is 15.0. The van der Waals surface area contributed by atoms with Gasteiger partial charge in [0, 0.05) is 46.1 Å². The van der Waals surface area contributed by atoms with E-state index < -0.39 is 0 Å². The van der Waals surface area contributed by atoms with Crippen LogP contribution in [-0.4, -0.2) is 46.2 Å². The standard InChI is InChI=1S/C25H30BrN3O2/c1-18-5-2-3-13-28(18)14-4-12-27-24(30)20-8-9-21-17-29(25(31)23(21)15-20)16-19-6-10-22(26)11-7-19/h6-11,15,17-18,31H,2-5,12-14,16H2,1H3,(H,27,30). The largest absolute Gasteiger partial charge is 0.494 e. The van der Waals surface area contributed by atoms with E-state index >= 15 is 0 Å². The molecule has 2 N–H and O–H groups in total. The monoisotopic (exact) mass is 483 g/mol. The summed E-state index contributed by atoms with van der Waals surface area (Å²) in [6.07, 6.45) is 6.76. The van der Waals surface area contributed by atoms with Gasteiger partial charge in [-0.05, 0) is 62.6 Å². The van der Waals surface area contributed by atoms with Crippen molar-refractivity contribution < 1.29 is 9.90 Å². The Kier molecular flexibility index (Phi) is 6.98. The molecule has 1 aliphatic rings. The maximum absolute atomic E-state index is 12.6. The van der Waals surface area contributed by atoms with Crippen molar-refractivity contribution in [3.05, 3.63) is 64.3 Å². The van der Waals surface area contributed by atoms with Crippen molar-refractivity contribution >= 4 is 32.6 Å². The quantitative estimate of drug-likeness (QED) is 0.456. The van der Waals surface area contributed by atoms with Gasteiger partial charge in [0.1, 0.15) is 0 Å². The van der Waals surface area contributed by atoms with Gasteiger partial charge in [-0.25, -0.2) is 0 Å². The summed E-state index contributed by atoms with van der Waals surface area (Å²) in [5.41, 5.74) is 1.68. The van der Waals surface area contributed by atoms with Crippen molar-refractivity contribution in [1.29, 1.82) is 0 Å². The van der Waals surface area contributed by atoms with Gasteiger partial charge in [0.05, 0.1) is 6.54 Å². The van der Waals surface area contributed by atoms with Crippen molar-refractivity contribution in [2.75, 3.05) is 19.6 Å². The van der Waals surface area contributed by atoms with Crippen molar-refractivity contribution in [1.82, 2.24) is 14.8 Å². The number of hydrogen-bond acceptors (Lipinski definition) is 3. The summed E-state index contributed by atoms with van der Waals surface area (Å²) < 4.78 is 2.84. The minimum absolute atomic E-state index is 0.0892. The fraction of sp³-hybridized carbons (Fsp3) is 0.400. The molecule has 0 aliphatic carbocycles. The number of carbonyl (C=O) groups is 1. The summed E-state index contributed by atoms with van der Waals surface area (Å²) in [4.78, 5) is 15.1. The molecule has 1 aromatic heterocycles.